The topological polar surface area (TPSA) is 117 Å². The second-order valence-electron chi connectivity index (χ2n) is 7.46. The molecular weight excluding hydrogens is 398 g/mol. The van der Waals surface area contributed by atoms with Gasteiger partial charge in [-0.15, -0.1) is 0 Å². The largest absolute Gasteiger partial charge is 0.464 e. The highest BCUT2D eigenvalue weighted by atomic mass is 32.2. The SMILES string of the molecule is COC(=O)c1cn(S(=O)(=O)c2ccc(C)cc2)c([C@H](C)NC(=O)OC(C)(C)C)n1. The standard InChI is InChI=1S/C19H25N3O6S/c1-12-7-9-14(10-8-12)29(25,26)22-11-15(17(23)27-6)21-16(22)13(2)20-18(24)28-19(3,4)5/h7-11,13H,1-6H3,(H,20,24)/t13-/m0/s1. The van der Waals surface area contributed by atoms with Crippen LogP contribution in [0.4, 0.5) is 4.79 Å². The second kappa shape index (κ2) is 8.24. The van der Waals surface area contributed by atoms with Crippen molar-refractivity contribution in [1.82, 2.24) is 14.3 Å². The molecule has 2 aromatic rings. The fourth-order valence-corrected chi connectivity index (χ4v) is 3.83. The van der Waals surface area contributed by atoms with E-state index in [1.54, 1.807) is 32.9 Å². The summed E-state index contributed by atoms with van der Waals surface area (Å²) in [6.45, 7) is 8.48. The molecule has 1 heterocycles. The van der Waals surface area contributed by atoms with E-state index < -0.39 is 33.7 Å². The molecule has 1 aromatic carbocycles. The van der Waals surface area contributed by atoms with E-state index in [1.807, 2.05) is 6.92 Å². The highest BCUT2D eigenvalue weighted by Gasteiger charge is 2.29. The van der Waals surface area contributed by atoms with Crippen molar-refractivity contribution in [1.29, 1.82) is 0 Å². The van der Waals surface area contributed by atoms with Gasteiger partial charge in [-0.25, -0.2) is 27.0 Å². The van der Waals surface area contributed by atoms with E-state index in [2.05, 4.69) is 15.0 Å². The number of hydrogen-bond donors (Lipinski definition) is 1. The minimum Gasteiger partial charge on any atom is -0.464 e. The summed E-state index contributed by atoms with van der Waals surface area (Å²) in [6.07, 6.45) is 0.329. The lowest BCUT2D eigenvalue weighted by Gasteiger charge is -2.22. The Hall–Kier alpha value is -2.88. The van der Waals surface area contributed by atoms with Gasteiger partial charge in [-0.05, 0) is 46.8 Å². The number of benzene rings is 1. The first-order chi connectivity index (χ1) is 13.3. The quantitative estimate of drug-likeness (QED) is 0.735. The van der Waals surface area contributed by atoms with Gasteiger partial charge in [-0.1, -0.05) is 17.7 Å². The van der Waals surface area contributed by atoms with Crippen molar-refractivity contribution >= 4 is 22.1 Å². The fraction of sp³-hybridized carbons (Fsp3) is 0.421. The van der Waals surface area contributed by atoms with Gasteiger partial charge in [0.25, 0.3) is 10.0 Å². The Bertz CT molecular complexity index is 1000. The molecule has 1 amide bonds. The molecule has 0 aliphatic heterocycles. The van der Waals surface area contributed by atoms with Crippen molar-refractivity contribution in [3.05, 3.63) is 47.5 Å². The van der Waals surface area contributed by atoms with E-state index in [4.69, 9.17) is 4.74 Å². The van der Waals surface area contributed by atoms with Crippen LogP contribution in [0.2, 0.25) is 0 Å². The molecule has 0 fully saturated rings. The average Bonchev–Trinajstić information content (AvgIpc) is 3.06. The third-order valence-electron chi connectivity index (χ3n) is 3.79. The van der Waals surface area contributed by atoms with Crippen molar-refractivity contribution in [3.63, 3.8) is 0 Å². The Labute approximate surface area is 170 Å². The first-order valence-electron chi connectivity index (χ1n) is 8.84. The molecule has 0 aliphatic carbocycles. The Morgan fingerprint density at radius 3 is 2.28 bits per heavy atom. The highest BCUT2D eigenvalue weighted by Crippen LogP contribution is 2.22. The van der Waals surface area contributed by atoms with Crippen molar-refractivity contribution in [2.45, 2.75) is 51.2 Å². The number of nitrogens with zero attached hydrogens (tertiary/aromatic N) is 2. The van der Waals surface area contributed by atoms with Gasteiger partial charge < -0.3 is 14.8 Å². The zero-order valence-corrected chi connectivity index (χ0v) is 18.0. The number of amides is 1. The summed E-state index contributed by atoms with van der Waals surface area (Å²) in [5.41, 5.74) is -0.0364. The number of rotatable bonds is 5. The minimum atomic E-state index is -4.07. The van der Waals surface area contributed by atoms with Crippen molar-refractivity contribution in [2.24, 2.45) is 0 Å². The zero-order valence-electron chi connectivity index (χ0n) is 17.2. The van der Waals surface area contributed by atoms with E-state index in [0.717, 1.165) is 22.8 Å². The fourth-order valence-electron chi connectivity index (χ4n) is 2.43. The van der Waals surface area contributed by atoms with Gasteiger partial charge in [0.2, 0.25) is 0 Å². The summed E-state index contributed by atoms with van der Waals surface area (Å²) >= 11 is 0. The molecule has 10 heteroatoms. The predicted octanol–water partition coefficient (Wildman–Crippen LogP) is 2.80. The number of hydrogen-bond acceptors (Lipinski definition) is 7. The molecule has 0 bridgehead atoms. The average molecular weight is 423 g/mol. The van der Waals surface area contributed by atoms with Gasteiger partial charge in [-0.3, -0.25) is 0 Å². The number of esters is 1. The van der Waals surface area contributed by atoms with E-state index in [9.17, 15) is 18.0 Å². The molecule has 0 radical (unpaired) electrons. The van der Waals surface area contributed by atoms with Crippen LogP contribution >= 0.6 is 0 Å². The zero-order chi connectivity index (χ0) is 22.0. The number of ether oxygens (including phenoxy) is 2. The number of carbonyl (C=O) groups is 2. The molecule has 0 spiro atoms. The summed E-state index contributed by atoms with van der Waals surface area (Å²) in [5, 5.41) is 2.54. The molecule has 0 aliphatic rings. The Kier molecular flexibility index (Phi) is 6.37. The van der Waals surface area contributed by atoms with Crippen LogP contribution < -0.4 is 5.32 Å². The van der Waals surface area contributed by atoms with Gasteiger partial charge in [0, 0.05) is 0 Å². The lowest BCUT2D eigenvalue weighted by molar-refractivity contribution is 0.0505. The smallest absolute Gasteiger partial charge is 0.408 e. The number of methoxy groups -OCH3 is 1. The summed E-state index contributed by atoms with van der Waals surface area (Å²) in [5.74, 6) is -0.856. The van der Waals surface area contributed by atoms with Gasteiger partial charge in [0.15, 0.2) is 5.69 Å². The molecule has 0 saturated heterocycles. The lowest BCUT2D eigenvalue weighted by atomic mass is 10.2. The summed E-state index contributed by atoms with van der Waals surface area (Å²) in [4.78, 5) is 28.1. The maximum atomic E-state index is 13.1. The lowest BCUT2D eigenvalue weighted by Crippen LogP contribution is -2.35. The van der Waals surface area contributed by atoms with Crippen LogP contribution in [0.15, 0.2) is 35.4 Å². The monoisotopic (exact) mass is 423 g/mol. The van der Waals surface area contributed by atoms with Crippen molar-refractivity contribution < 1.29 is 27.5 Å². The minimum absolute atomic E-state index is 0.0163. The van der Waals surface area contributed by atoms with E-state index >= 15 is 0 Å². The van der Waals surface area contributed by atoms with E-state index in [-0.39, 0.29) is 16.4 Å². The first-order valence-corrected chi connectivity index (χ1v) is 10.3. The third-order valence-corrected chi connectivity index (χ3v) is 5.47. The summed E-state index contributed by atoms with van der Waals surface area (Å²) < 4.78 is 37.0. The summed E-state index contributed by atoms with van der Waals surface area (Å²) in [6, 6.07) is 5.36. The van der Waals surface area contributed by atoms with Crippen LogP contribution in [0.5, 0.6) is 0 Å². The van der Waals surface area contributed by atoms with Crippen LogP contribution in [-0.4, -0.2) is 42.1 Å². The molecule has 2 rings (SSSR count). The van der Waals surface area contributed by atoms with Crippen LogP contribution in [0.1, 0.15) is 55.6 Å². The first kappa shape index (κ1) is 22.4. The van der Waals surface area contributed by atoms with Gasteiger partial charge in [0.1, 0.15) is 11.4 Å². The molecule has 1 atom stereocenters. The van der Waals surface area contributed by atoms with Crippen LogP contribution in [0.3, 0.4) is 0 Å². The molecule has 158 valence electrons. The maximum absolute atomic E-state index is 13.1. The maximum Gasteiger partial charge on any atom is 0.408 e. The molecule has 1 aromatic heterocycles. The molecule has 0 unspecified atom stereocenters. The third kappa shape index (κ3) is 5.35. The number of aryl methyl sites for hydroxylation is 1. The van der Waals surface area contributed by atoms with Crippen LogP contribution in [0.25, 0.3) is 0 Å². The van der Waals surface area contributed by atoms with Gasteiger partial charge in [0.05, 0.1) is 24.2 Å². The number of carbonyl (C=O) groups excluding carboxylic acids is 2. The number of aromatic nitrogens is 2. The predicted molar refractivity (Wildman–Crippen MR) is 105 cm³/mol. The molecule has 9 nitrogen and oxygen atoms in total. The highest BCUT2D eigenvalue weighted by molar-refractivity contribution is 7.90. The van der Waals surface area contributed by atoms with Crippen molar-refractivity contribution in [3.8, 4) is 0 Å². The van der Waals surface area contributed by atoms with Gasteiger partial charge in [-0.2, -0.15) is 0 Å². The normalized spacial score (nSPS) is 12.9. The Morgan fingerprint density at radius 1 is 1.17 bits per heavy atom. The molecule has 1 N–H and O–H groups in total. The molecule has 29 heavy (non-hydrogen) atoms. The van der Waals surface area contributed by atoms with E-state index in [1.165, 1.54) is 19.1 Å². The Balaban J connectivity index is 2.48. The molecular formula is C19H25N3O6S. The van der Waals surface area contributed by atoms with Crippen LogP contribution in [-0.2, 0) is 19.5 Å². The number of nitrogens with one attached hydrogen (secondary N) is 1. The van der Waals surface area contributed by atoms with Crippen molar-refractivity contribution in [2.75, 3.05) is 7.11 Å². The summed E-state index contributed by atoms with van der Waals surface area (Å²) in [7, 11) is -2.90. The number of imidazole rings is 1. The van der Waals surface area contributed by atoms with Crippen LogP contribution in [0, 0.1) is 6.92 Å². The van der Waals surface area contributed by atoms with E-state index in [0.29, 0.717) is 0 Å². The molecule has 0 saturated carbocycles. The Morgan fingerprint density at radius 2 is 1.76 bits per heavy atom. The second-order valence-corrected chi connectivity index (χ2v) is 9.27. The van der Waals surface area contributed by atoms with Gasteiger partial charge >= 0.3 is 12.1 Å². The number of alkyl carbamates (subject to hydrolysis) is 1.